The van der Waals surface area contributed by atoms with Crippen LogP contribution < -0.4 is 10.6 Å². The molecule has 2 rings (SSSR count). The lowest BCUT2D eigenvalue weighted by Gasteiger charge is -2.26. The number of hydrogen-bond acceptors (Lipinski definition) is 2. The summed E-state index contributed by atoms with van der Waals surface area (Å²) in [5.41, 5.74) is 8.69. The molecule has 0 heterocycles. The van der Waals surface area contributed by atoms with E-state index in [0.717, 1.165) is 28.8 Å². The van der Waals surface area contributed by atoms with Gasteiger partial charge in [0.15, 0.2) is 0 Å². The molecule has 3 nitrogen and oxygen atoms in total. The van der Waals surface area contributed by atoms with E-state index in [1.165, 1.54) is 5.56 Å². The summed E-state index contributed by atoms with van der Waals surface area (Å²) in [5, 5.41) is 7.73. The van der Waals surface area contributed by atoms with Crippen LogP contribution in [0.4, 0.5) is 5.69 Å². The van der Waals surface area contributed by atoms with Crippen molar-refractivity contribution >= 4 is 27.5 Å². The van der Waals surface area contributed by atoms with E-state index >= 15 is 0 Å². The van der Waals surface area contributed by atoms with E-state index in [1.54, 1.807) is 0 Å². The van der Waals surface area contributed by atoms with Gasteiger partial charge in [-0.05, 0) is 30.7 Å². The van der Waals surface area contributed by atoms with Gasteiger partial charge in [0.1, 0.15) is 5.84 Å². The molecule has 0 aliphatic heterocycles. The molecule has 0 amide bonds. The van der Waals surface area contributed by atoms with Crippen LogP contribution in [-0.4, -0.2) is 12.4 Å². The summed E-state index contributed by atoms with van der Waals surface area (Å²) in [4.78, 5) is 2.22. The molecule has 0 bridgehead atoms. The van der Waals surface area contributed by atoms with Gasteiger partial charge in [0.25, 0.3) is 0 Å². The highest BCUT2D eigenvalue weighted by Crippen LogP contribution is 2.26. The summed E-state index contributed by atoms with van der Waals surface area (Å²) >= 11 is 3.49. The van der Waals surface area contributed by atoms with Crippen molar-refractivity contribution in [2.24, 2.45) is 5.73 Å². The number of halogens is 1. The average molecular weight is 332 g/mol. The molecule has 0 unspecified atom stereocenters. The zero-order chi connectivity index (χ0) is 14.5. The largest absolute Gasteiger partial charge is 0.384 e. The topological polar surface area (TPSA) is 53.1 Å². The van der Waals surface area contributed by atoms with Crippen molar-refractivity contribution in [1.82, 2.24) is 0 Å². The second kappa shape index (κ2) is 6.57. The van der Waals surface area contributed by atoms with Crippen LogP contribution in [0.5, 0.6) is 0 Å². The van der Waals surface area contributed by atoms with Crippen molar-refractivity contribution in [3.63, 3.8) is 0 Å². The van der Waals surface area contributed by atoms with Gasteiger partial charge in [-0.1, -0.05) is 46.3 Å². The first-order valence-corrected chi connectivity index (χ1v) is 7.34. The number of nitrogens with one attached hydrogen (secondary N) is 1. The van der Waals surface area contributed by atoms with E-state index in [9.17, 15) is 0 Å². The maximum Gasteiger partial charge on any atom is 0.124 e. The van der Waals surface area contributed by atoms with Gasteiger partial charge in [0.05, 0.1) is 0 Å². The van der Waals surface area contributed by atoms with Crippen LogP contribution in [0.1, 0.15) is 18.1 Å². The van der Waals surface area contributed by atoms with Crippen molar-refractivity contribution in [2.45, 2.75) is 13.5 Å². The lowest BCUT2D eigenvalue weighted by Crippen LogP contribution is -2.25. The molecule has 0 atom stereocenters. The first-order valence-electron chi connectivity index (χ1n) is 6.54. The summed E-state index contributed by atoms with van der Waals surface area (Å²) in [6.07, 6.45) is 0. The summed E-state index contributed by atoms with van der Waals surface area (Å²) in [5.74, 6) is 0.0963. The summed E-state index contributed by atoms with van der Waals surface area (Å²) in [6, 6.07) is 16.1. The van der Waals surface area contributed by atoms with E-state index in [1.807, 2.05) is 36.4 Å². The standard InChI is InChI=1S/C16H18BrN3/c1-2-20(11-12-6-4-3-5-7-12)15-10-13(17)8-9-14(15)16(18)19/h3-10H,2,11H2,1H3,(H3,18,19). The fourth-order valence-electron chi connectivity index (χ4n) is 2.17. The number of benzene rings is 2. The van der Waals surface area contributed by atoms with Crippen molar-refractivity contribution in [1.29, 1.82) is 5.41 Å². The summed E-state index contributed by atoms with van der Waals surface area (Å²) in [7, 11) is 0. The predicted molar refractivity (Wildman–Crippen MR) is 88.3 cm³/mol. The van der Waals surface area contributed by atoms with Gasteiger partial charge in [0.2, 0.25) is 0 Å². The number of rotatable bonds is 5. The minimum Gasteiger partial charge on any atom is -0.384 e. The maximum atomic E-state index is 7.73. The van der Waals surface area contributed by atoms with Gasteiger partial charge in [-0.2, -0.15) is 0 Å². The van der Waals surface area contributed by atoms with E-state index in [2.05, 4.69) is 39.9 Å². The molecule has 0 spiro atoms. The van der Waals surface area contributed by atoms with Crippen LogP contribution >= 0.6 is 15.9 Å². The molecule has 0 aliphatic rings. The van der Waals surface area contributed by atoms with Crippen molar-refractivity contribution in [2.75, 3.05) is 11.4 Å². The van der Waals surface area contributed by atoms with E-state index in [-0.39, 0.29) is 5.84 Å². The van der Waals surface area contributed by atoms with Crippen molar-refractivity contribution in [3.8, 4) is 0 Å². The highest BCUT2D eigenvalue weighted by molar-refractivity contribution is 9.10. The van der Waals surface area contributed by atoms with Crippen molar-refractivity contribution < 1.29 is 0 Å². The molecule has 0 aromatic heterocycles. The number of amidine groups is 1. The lowest BCUT2D eigenvalue weighted by molar-refractivity contribution is 0.830. The van der Waals surface area contributed by atoms with Crippen LogP contribution in [-0.2, 0) is 6.54 Å². The Kier molecular flexibility index (Phi) is 4.79. The number of nitrogens with two attached hydrogens (primary N) is 1. The predicted octanol–water partition coefficient (Wildman–Crippen LogP) is 3.76. The maximum absolute atomic E-state index is 7.73. The van der Waals surface area contributed by atoms with Gasteiger partial charge in [-0.15, -0.1) is 0 Å². The second-order valence-corrected chi connectivity index (χ2v) is 5.49. The molecule has 0 radical (unpaired) electrons. The minimum absolute atomic E-state index is 0.0963. The van der Waals surface area contributed by atoms with Gasteiger partial charge in [-0.3, -0.25) is 5.41 Å². The molecule has 0 fully saturated rings. The third-order valence-electron chi connectivity index (χ3n) is 3.19. The Morgan fingerprint density at radius 3 is 2.50 bits per heavy atom. The number of nitrogens with zero attached hydrogens (tertiary/aromatic N) is 1. The molecule has 3 N–H and O–H groups in total. The van der Waals surface area contributed by atoms with E-state index in [0.29, 0.717) is 0 Å². The van der Waals surface area contributed by atoms with E-state index < -0.39 is 0 Å². The normalized spacial score (nSPS) is 10.3. The number of anilines is 1. The minimum atomic E-state index is 0.0963. The summed E-state index contributed by atoms with van der Waals surface area (Å²) < 4.78 is 0.990. The Balaban J connectivity index is 2.36. The Bertz CT molecular complexity index is 596. The Morgan fingerprint density at radius 2 is 1.90 bits per heavy atom. The fraction of sp³-hybridized carbons (Fsp3) is 0.188. The Hall–Kier alpha value is -1.81. The first-order chi connectivity index (χ1) is 9.61. The second-order valence-electron chi connectivity index (χ2n) is 4.57. The van der Waals surface area contributed by atoms with Gasteiger partial charge < -0.3 is 10.6 Å². The zero-order valence-electron chi connectivity index (χ0n) is 11.4. The van der Waals surface area contributed by atoms with Crippen LogP contribution in [0.25, 0.3) is 0 Å². The molecule has 0 aliphatic carbocycles. The molecular formula is C16H18BrN3. The SMILES string of the molecule is CCN(Cc1ccccc1)c1cc(Br)ccc1C(=N)N. The molecule has 104 valence electrons. The Labute approximate surface area is 128 Å². The highest BCUT2D eigenvalue weighted by Gasteiger charge is 2.12. The molecule has 2 aromatic rings. The van der Waals surface area contributed by atoms with Crippen LogP contribution in [0, 0.1) is 5.41 Å². The fourth-order valence-corrected chi connectivity index (χ4v) is 2.51. The van der Waals surface area contributed by atoms with Crippen LogP contribution in [0.15, 0.2) is 53.0 Å². The van der Waals surface area contributed by atoms with Crippen molar-refractivity contribution in [3.05, 3.63) is 64.1 Å². The molecule has 4 heteroatoms. The van der Waals surface area contributed by atoms with Gasteiger partial charge >= 0.3 is 0 Å². The lowest BCUT2D eigenvalue weighted by atomic mass is 10.1. The monoisotopic (exact) mass is 331 g/mol. The quantitative estimate of drug-likeness (QED) is 0.647. The van der Waals surface area contributed by atoms with Crippen LogP contribution in [0.2, 0.25) is 0 Å². The molecule has 20 heavy (non-hydrogen) atoms. The van der Waals surface area contributed by atoms with Gasteiger partial charge in [-0.25, -0.2) is 0 Å². The zero-order valence-corrected chi connectivity index (χ0v) is 13.0. The van der Waals surface area contributed by atoms with Gasteiger partial charge in [0, 0.05) is 28.8 Å². The van der Waals surface area contributed by atoms with E-state index in [4.69, 9.17) is 11.1 Å². The molecule has 0 saturated carbocycles. The highest BCUT2D eigenvalue weighted by atomic mass is 79.9. The smallest absolute Gasteiger partial charge is 0.124 e. The summed E-state index contributed by atoms with van der Waals surface area (Å²) in [6.45, 7) is 3.76. The molecular weight excluding hydrogens is 314 g/mol. The third-order valence-corrected chi connectivity index (χ3v) is 3.68. The first kappa shape index (κ1) is 14.6. The molecule has 0 saturated heterocycles. The van der Waals surface area contributed by atoms with Crippen LogP contribution in [0.3, 0.4) is 0 Å². The molecule has 2 aromatic carbocycles. The number of nitrogen functional groups attached to an aromatic ring is 1. The Morgan fingerprint density at radius 1 is 1.20 bits per heavy atom. The number of hydrogen-bond donors (Lipinski definition) is 2. The average Bonchev–Trinajstić information content (AvgIpc) is 2.45. The third kappa shape index (κ3) is 3.39.